The van der Waals surface area contributed by atoms with Crippen LogP contribution in [0.2, 0.25) is 0 Å². The molecule has 1 saturated heterocycles. The van der Waals surface area contributed by atoms with Crippen LogP contribution in [-0.2, 0) is 11.3 Å². The largest absolute Gasteiger partial charge is 0.478 e. The topological polar surface area (TPSA) is 72.2 Å². The Kier molecular flexibility index (Phi) is 5.24. The highest BCUT2D eigenvalue weighted by Gasteiger charge is 2.22. The summed E-state index contributed by atoms with van der Waals surface area (Å²) in [5.74, 6) is 0.454. The Morgan fingerprint density at radius 2 is 1.93 bits per heavy atom. The monoisotopic (exact) mass is 372 g/mol. The van der Waals surface area contributed by atoms with Gasteiger partial charge in [0.1, 0.15) is 23.6 Å². The van der Waals surface area contributed by atoms with E-state index in [0.29, 0.717) is 18.9 Å². The molecule has 0 aliphatic carbocycles. The van der Waals surface area contributed by atoms with Crippen LogP contribution in [0.4, 0.5) is 0 Å². The summed E-state index contributed by atoms with van der Waals surface area (Å²) in [7, 11) is 0. The average Bonchev–Trinajstić information content (AvgIpc) is 2.68. The second kappa shape index (κ2) is 7.80. The molecular weight excluding hydrogens is 348 g/mol. The highest BCUT2D eigenvalue weighted by molar-refractivity contribution is 5.97. The highest BCUT2D eigenvalue weighted by Crippen LogP contribution is 2.32. The maximum Gasteiger partial charge on any atom is 0.347 e. The van der Waals surface area contributed by atoms with Gasteiger partial charge in [0.15, 0.2) is 5.78 Å². The van der Waals surface area contributed by atoms with E-state index in [1.807, 2.05) is 12.1 Å². The van der Waals surface area contributed by atoms with Gasteiger partial charge in [-0.3, -0.25) is 14.6 Å². The van der Waals surface area contributed by atoms with Crippen LogP contribution in [0.15, 0.2) is 27.4 Å². The maximum atomic E-state index is 12.1. The van der Waals surface area contributed by atoms with Crippen molar-refractivity contribution in [3.05, 3.63) is 39.7 Å². The molecule has 2 aliphatic heterocycles. The van der Waals surface area contributed by atoms with Gasteiger partial charge in [-0.25, -0.2) is 4.79 Å². The fourth-order valence-electron chi connectivity index (χ4n) is 3.67. The minimum absolute atomic E-state index is 0.0848. The quantitative estimate of drug-likeness (QED) is 0.586. The van der Waals surface area contributed by atoms with E-state index in [2.05, 4.69) is 9.80 Å². The van der Waals surface area contributed by atoms with Crippen LogP contribution >= 0.6 is 0 Å². The normalized spacial score (nSPS) is 18.3. The summed E-state index contributed by atoms with van der Waals surface area (Å²) in [6.07, 6.45) is 1.04. The first-order valence-electron chi connectivity index (χ1n) is 9.38. The molecule has 2 aromatic rings. The second-order valence-electron chi connectivity index (χ2n) is 7.10. The summed E-state index contributed by atoms with van der Waals surface area (Å²) in [4.78, 5) is 28.4. The lowest BCUT2D eigenvalue weighted by Crippen LogP contribution is -2.39. The highest BCUT2D eigenvalue weighted by atomic mass is 16.5. The van der Waals surface area contributed by atoms with E-state index in [9.17, 15) is 9.59 Å². The maximum absolute atomic E-state index is 12.1. The van der Waals surface area contributed by atoms with Crippen LogP contribution in [-0.4, -0.2) is 61.7 Å². The molecule has 0 atom stereocenters. The number of nitrogens with zero attached hydrogens (tertiary/aromatic N) is 2. The number of benzene rings is 1. The van der Waals surface area contributed by atoms with Crippen molar-refractivity contribution in [3.63, 3.8) is 0 Å². The van der Waals surface area contributed by atoms with Crippen molar-refractivity contribution in [1.82, 2.24) is 9.80 Å². The fourth-order valence-corrected chi connectivity index (χ4v) is 3.67. The van der Waals surface area contributed by atoms with Crippen molar-refractivity contribution in [2.24, 2.45) is 0 Å². The number of carbonyl (C=O) groups excluding carboxylic acids is 1. The number of Topliss-reactive ketones (excluding diaryl/α,β-unsaturated/α-hetero) is 1. The van der Waals surface area contributed by atoms with E-state index in [1.165, 1.54) is 6.92 Å². The molecule has 2 aliphatic rings. The van der Waals surface area contributed by atoms with Crippen LogP contribution in [0.3, 0.4) is 0 Å². The number of ether oxygens (including phenoxy) is 2. The van der Waals surface area contributed by atoms with E-state index in [1.54, 1.807) is 6.07 Å². The Labute approximate surface area is 157 Å². The van der Waals surface area contributed by atoms with Crippen LogP contribution in [0.5, 0.6) is 5.75 Å². The number of ketones is 1. The smallest absolute Gasteiger partial charge is 0.347 e. The van der Waals surface area contributed by atoms with Gasteiger partial charge in [0.05, 0.1) is 18.8 Å². The number of hydrogen-bond donors (Lipinski definition) is 0. The zero-order chi connectivity index (χ0) is 18.8. The Morgan fingerprint density at radius 3 is 2.70 bits per heavy atom. The summed E-state index contributed by atoms with van der Waals surface area (Å²) >= 11 is 0. The van der Waals surface area contributed by atoms with Gasteiger partial charge in [0.25, 0.3) is 0 Å². The second-order valence-corrected chi connectivity index (χ2v) is 7.10. The van der Waals surface area contributed by atoms with Gasteiger partial charge in [-0.15, -0.1) is 0 Å². The predicted octanol–water partition coefficient (Wildman–Crippen LogP) is 1.87. The minimum atomic E-state index is -0.590. The van der Waals surface area contributed by atoms with Gasteiger partial charge in [-0.05, 0) is 38.1 Å². The molecule has 0 bridgehead atoms. The number of morpholine rings is 1. The third-order valence-electron chi connectivity index (χ3n) is 5.18. The summed E-state index contributed by atoms with van der Waals surface area (Å²) in [6, 6.07) is 5.32. The lowest BCUT2D eigenvalue weighted by atomic mass is 10.1. The van der Waals surface area contributed by atoms with Crippen molar-refractivity contribution >= 4 is 16.8 Å². The molecule has 0 saturated carbocycles. The first-order chi connectivity index (χ1) is 13.1. The van der Waals surface area contributed by atoms with E-state index < -0.39 is 5.63 Å². The molecule has 0 amide bonds. The van der Waals surface area contributed by atoms with Gasteiger partial charge in [0, 0.05) is 31.6 Å². The molecule has 0 spiro atoms. The van der Waals surface area contributed by atoms with Crippen molar-refractivity contribution < 1.29 is 18.7 Å². The van der Waals surface area contributed by atoms with E-state index in [-0.39, 0.29) is 11.3 Å². The Balaban J connectivity index is 1.49. The van der Waals surface area contributed by atoms with E-state index in [4.69, 9.17) is 13.9 Å². The molecule has 1 fully saturated rings. The number of carbonyl (C=O) groups is 1. The Bertz CT molecular complexity index is 901. The molecule has 1 aromatic heterocycles. The summed E-state index contributed by atoms with van der Waals surface area (Å²) in [5, 5.41) is 0.748. The molecule has 0 radical (unpaired) electrons. The number of fused-ring (bicyclic) bond motifs is 3. The first-order valence-corrected chi connectivity index (χ1v) is 9.38. The average molecular weight is 372 g/mol. The van der Waals surface area contributed by atoms with E-state index >= 15 is 0 Å². The van der Waals surface area contributed by atoms with Crippen molar-refractivity contribution in [3.8, 4) is 5.75 Å². The first kappa shape index (κ1) is 18.2. The zero-order valence-electron chi connectivity index (χ0n) is 15.5. The summed E-state index contributed by atoms with van der Waals surface area (Å²) in [6.45, 7) is 8.12. The third-order valence-corrected chi connectivity index (χ3v) is 5.18. The molecule has 1 aromatic carbocycles. The van der Waals surface area contributed by atoms with Gasteiger partial charge < -0.3 is 13.9 Å². The van der Waals surface area contributed by atoms with Crippen molar-refractivity contribution in [2.75, 3.05) is 46.1 Å². The summed E-state index contributed by atoms with van der Waals surface area (Å²) < 4.78 is 16.7. The minimum Gasteiger partial charge on any atom is -0.478 e. The van der Waals surface area contributed by atoms with Gasteiger partial charge >= 0.3 is 5.63 Å². The van der Waals surface area contributed by atoms with Gasteiger partial charge in [-0.1, -0.05) is 0 Å². The van der Waals surface area contributed by atoms with Crippen molar-refractivity contribution in [1.29, 1.82) is 0 Å². The van der Waals surface area contributed by atoms with Crippen LogP contribution in [0.1, 0.15) is 29.3 Å². The molecule has 0 unspecified atom stereocenters. The molecule has 27 heavy (non-hydrogen) atoms. The molecule has 4 rings (SSSR count). The molecule has 7 heteroatoms. The molecule has 3 heterocycles. The number of hydrogen-bond acceptors (Lipinski definition) is 7. The molecule has 0 N–H and O–H groups in total. The van der Waals surface area contributed by atoms with Gasteiger partial charge in [0.2, 0.25) is 0 Å². The lowest BCUT2D eigenvalue weighted by Gasteiger charge is -2.31. The third kappa shape index (κ3) is 3.90. The van der Waals surface area contributed by atoms with Crippen LogP contribution in [0.25, 0.3) is 11.0 Å². The zero-order valence-corrected chi connectivity index (χ0v) is 15.5. The van der Waals surface area contributed by atoms with Crippen LogP contribution in [0, 0.1) is 0 Å². The number of rotatable bonds is 5. The molecule has 144 valence electrons. The Morgan fingerprint density at radius 1 is 1.15 bits per heavy atom. The Hall–Kier alpha value is -2.22. The predicted molar refractivity (Wildman–Crippen MR) is 100 cm³/mol. The lowest BCUT2D eigenvalue weighted by molar-refractivity contribution is 0.0330. The van der Waals surface area contributed by atoms with Crippen LogP contribution < -0.4 is 10.4 Å². The van der Waals surface area contributed by atoms with E-state index in [0.717, 1.165) is 62.5 Å². The standard InChI is InChI=1S/C20H24N2O5/c1-14(23)16-11-15-3-4-18-17(19(15)27-20(16)24)12-22(13-26-18)6-2-5-21-7-9-25-10-8-21/h3-4,11H,2,5-10,12-13H2,1H3. The molecule has 7 nitrogen and oxygen atoms in total. The summed E-state index contributed by atoms with van der Waals surface area (Å²) in [5.41, 5.74) is 0.882. The molecular formula is C20H24N2O5. The fraction of sp³-hybridized carbons (Fsp3) is 0.500. The SMILES string of the molecule is CC(=O)c1cc2ccc3c(c2oc1=O)CN(CCCN1CCOCC1)CO3. The van der Waals surface area contributed by atoms with Crippen molar-refractivity contribution in [2.45, 2.75) is 19.9 Å². The van der Waals surface area contributed by atoms with Gasteiger partial charge in [-0.2, -0.15) is 0 Å².